The summed E-state index contributed by atoms with van der Waals surface area (Å²) in [5, 5.41) is 2.90. The number of aryl methyl sites for hydroxylation is 1. The first-order valence-corrected chi connectivity index (χ1v) is 11.0. The van der Waals surface area contributed by atoms with E-state index in [1.165, 1.54) is 4.90 Å². The molecule has 2 amide bonds. The van der Waals surface area contributed by atoms with Crippen LogP contribution in [0.25, 0.3) is 0 Å². The van der Waals surface area contributed by atoms with E-state index in [4.69, 9.17) is 9.15 Å². The molecule has 0 fully saturated rings. The van der Waals surface area contributed by atoms with E-state index < -0.39 is 23.8 Å². The monoisotopic (exact) mass is 460 g/mol. The molecule has 1 N–H and O–H groups in total. The first-order chi connectivity index (χ1) is 16.5. The van der Waals surface area contributed by atoms with Crippen LogP contribution in [0.15, 0.2) is 89.4 Å². The molecule has 7 nitrogen and oxygen atoms in total. The van der Waals surface area contributed by atoms with E-state index in [0.717, 1.165) is 23.3 Å². The Bertz CT molecular complexity index is 1120. The molecular formula is C27H28N2O5. The molecule has 1 heterocycles. The van der Waals surface area contributed by atoms with Crippen molar-refractivity contribution >= 4 is 17.8 Å². The maximum Gasteiger partial charge on any atom is 0.330 e. The van der Waals surface area contributed by atoms with Gasteiger partial charge >= 0.3 is 5.97 Å². The van der Waals surface area contributed by atoms with Crippen molar-refractivity contribution in [3.63, 3.8) is 0 Å². The Hall–Kier alpha value is -4.13. The summed E-state index contributed by atoms with van der Waals surface area (Å²) in [6, 6.07) is 21.2. The number of carbonyl (C=O) groups is 3. The zero-order valence-corrected chi connectivity index (χ0v) is 19.3. The van der Waals surface area contributed by atoms with Gasteiger partial charge < -0.3 is 19.4 Å². The number of nitrogens with one attached hydrogen (secondary N) is 1. The molecule has 1 unspecified atom stereocenters. The normalized spacial score (nSPS) is 11.7. The molecule has 3 rings (SSSR count). The summed E-state index contributed by atoms with van der Waals surface area (Å²) in [6.45, 7) is 4.08. The van der Waals surface area contributed by atoms with Gasteiger partial charge in [-0.15, -0.1) is 0 Å². The van der Waals surface area contributed by atoms with Crippen LogP contribution in [0.4, 0.5) is 0 Å². The highest BCUT2D eigenvalue weighted by Crippen LogP contribution is 2.26. The Balaban J connectivity index is 1.93. The van der Waals surface area contributed by atoms with Gasteiger partial charge in [0, 0.05) is 25.2 Å². The molecule has 3 aromatic rings. The van der Waals surface area contributed by atoms with Crippen molar-refractivity contribution in [3.05, 3.63) is 108 Å². The fourth-order valence-electron chi connectivity index (χ4n) is 3.41. The minimum absolute atomic E-state index is 0.135. The molecule has 0 aliphatic rings. The molecule has 0 radical (unpaired) electrons. The average molecular weight is 461 g/mol. The number of amides is 2. The molecule has 0 saturated carbocycles. The van der Waals surface area contributed by atoms with Crippen LogP contribution in [-0.2, 0) is 32.2 Å². The number of carbonyl (C=O) groups excluding carboxylic acids is 3. The van der Waals surface area contributed by atoms with Gasteiger partial charge in [0.1, 0.15) is 11.5 Å². The maximum absolute atomic E-state index is 13.4. The molecule has 34 heavy (non-hydrogen) atoms. The Morgan fingerprint density at radius 3 is 2.18 bits per heavy atom. The van der Waals surface area contributed by atoms with Crippen molar-refractivity contribution in [2.24, 2.45) is 0 Å². The van der Waals surface area contributed by atoms with E-state index in [2.05, 4.69) is 5.32 Å². The van der Waals surface area contributed by atoms with Gasteiger partial charge in [0.15, 0.2) is 6.04 Å². The van der Waals surface area contributed by atoms with Crippen LogP contribution < -0.4 is 5.32 Å². The van der Waals surface area contributed by atoms with Crippen molar-refractivity contribution in [2.75, 3.05) is 6.61 Å². The summed E-state index contributed by atoms with van der Waals surface area (Å²) in [7, 11) is 0. The Kier molecular flexibility index (Phi) is 8.80. The van der Waals surface area contributed by atoms with Gasteiger partial charge in [-0.1, -0.05) is 60.7 Å². The number of esters is 1. The number of rotatable bonds is 10. The minimum atomic E-state index is -1.04. The van der Waals surface area contributed by atoms with Crippen LogP contribution in [0.3, 0.4) is 0 Å². The van der Waals surface area contributed by atoms with E-state index in [9.17, 15) is 14.4 Å². The summed E-state index contributed by atoms with van der Waals surface area (Å²) in [6.07, 6.45) is 2.18. The average Bonchev–Trinajstić information content (AvgIpc) is 3.28. The van der Waals surface area contributed by atoms with Gasteiger partial charge in [0.25, 0.3) is 5.91 Å². The predicted octanol–water partition coefficient (Wildman–Crippen LogP) is 4.09. The first kappa shape index (κ1) is 24.5. The van der Waals surface area contributed by atoms with Crippen molar-refractivity contribution in [3.8, 4) is 0 Å². The van der Waals surface area contributed by atoms with Crippen LogP contribution in [0.1, 0.15) is 35.6 Å². The van der Waals surface area contributed by atoms with Crippen molar-refractivity contribution in [1.82, 2.24) is 10.2 Å². The highest BCUT2D eigenvalue weighted by Gasteiger charge is 2.33. The van der Waals surface area contributed by atoms with Crippen LogP contribution in [0, 0.1) is 6.92 Å². The fraction of sp³-hybridized carbons (Fsp3) is 0.222. The van der Waals surface area contributed by atoms with Crippen LogP contribution in [0.5, 0.6) is 0 Å². The molecule has 0 aliphatic carbocycles. The zero-order chi connectivity index (χ0) is 24.3. The summed E-state index contributed by atoms with van der Waals surface area (Å²) in [5.74, 6) is -0.603. The predicted molar refractivity (Wildman–Crippen MR) is 127 cm³/mol. The third-order valence-corrected chi connectivity index (χ3v) is 5.03. The van der Waals surface area contributed by atoms with E-state index in [0.29, 0.717) is 18.1 Å². The lowest BCUT2D eigenvalue weighted by atomic mass is 10.1. The largest absolute Gasteiger partial charge is 0.464 e. The quantitative estimate of drug-likeness (QED) is 0.364. The number of furan rings is 1. The van der Waals surface area contributed by atoms with E-state index in [-0.39, 0.29) is 13.2 Å². The lowest BCUT2D eigenvalue weighted by Crippen LogP contribution is -2.42. The maximum atomic E-state index is 13.4. The van der Waals surface area contributed by atoms with Crippen molar-refractivity contribution in [2.45, 2.75) is 33.0 Å². The smallest absolute Gasteiger partial charge is 0.330 e. The van der Waals surface area contributed by atoms with Crippen LogP contribution >= 0.6 is 0 Å². The number of nitrogens with zero attached hydrogens (tertiary/aromatic N) is 1. The molecule has 7 heteroatoms. The lowest BCUT2D eigenvalue weighted by Gasteiger charge is -2.29. The van der Waals surface area contributed by atoms with E-state index >= 15 is 0 Å². The molecular weight excluding hydrogens is 432 g/mol. The highest BCUT2D eigenvalue weighted by molar-refractivity contribution is 5.97. The summed E-state index contributed by atoms with van der Waals surface area (Å²) in [5.41, 5.74) is 1.75. The Labute approximate surface area is 199 Å². The van der Waals surface area contributed by atoms with Gasteiger partial charge in [-0.05, 0) is 37.1 Å². The van der Waals surface area contributed by atoms with Crippen molar-refractivity contribution < 1.29 is 23.5 Å². The molecule has 0 bridgehead atoms. The van der Waals surface area contributed by atoms with Gasteiger partial charge in [0.2, 0.25) is 5.91 Å². The number of ether oxygens (including phenoxy) is 1. The van der Waals surface area contributed by atoms with Crippen LogP contribution in [-0.4, -0.2) is 29.3 Å². The lowest BCUT2D eigenvalue weighted by molar-refractivity contribution is -0.139. The van der Waals surface area contributed by atoms with Gasteiger partial charge in [0.05, 0.1) is 6.61 Å². The van der Waals surface area contributed by atoms with Crippen molar-refractivity contribution in [1.29, 1.82) is 0 Å². The molecule has 0 spiro atoms. The molecule has 1 aromatic heterocycles. The van der Waals surface area contributed by atoms with Crippen LogP contribution in [0.2, 0.25) is 0 Å². The van der Waals surface area contributed by atoms with E-state index in [1.807, 2.05) is 60.7 Å². The molecule has 2 aromatic carbocycles. The third-order valence-electron chi connectivity index (χ3n) is 5.03. The Morgan fingerprint density at radius 1 is 0.941 bits per heavy atom. The zero-order valence-electron chi connectivity index (χ0n) is 19.3. The van der Waals surface area contributed by atoms with Gasteiger partial charge in [-0.25, -0.2) is 4.79 Å². The summed E-state index contributed by atoms with van der Waals surface area (Å²) in [4.78, 5) is 39.9. The standard InChI is InChI=1S/C27H28N2O5/c1-3-33-25(31)17-16-24(30)29(19-22-12-8-5-9-13-22)26(23-15-14-20(2)34-23)27(32)28-18-21-10-6-4-7-11-21/h4-17,26H,3,18-19H2,1-2H3,(H,28,32)/b17-16+. The summed E-state index contributed by atoms with van der Waals surface area (Å²) < 4.78 is 10.7. The van der Waals surface area contributed by atoms with E-state index in [1.54, 1.807) is 26.0 Å². The molecule has 0 saturated heterocycles. The second-order valence-corrected chi connectivity index (χ2v) is 7.59. The number of benzene rings is 2. The fourth-order valence-corrected chi connectivity index (χ4v) is 3.41. The second kappa shape index (κ2) is 12.2. The second-order valence-electron chi connectivity index (χ2n) is 7.59. The van der Waals surface area contributed by atoms with Gasteiger partial charge in [-0.3, -0.25) is 9.59 Å². The molecule has 1 atom stereocenters. The SMILES string of the molecule is CCOC(=O)/C=C/C(=O)N(Cc1ccccc1)C(C(=O)NCc1ccccc1)c1ccc(C)o1. The Morgan fingerprint density at radius 2 is 1.59 bits per heavy atom. The molecule has 176 valence electrons. The first-order valence-electron chi connectivity index (χ1n) is 11.0. The minimum Gasteiger partial charge on any atom is -0.464 e. The number of hydrogen-bond acceptors (Lipinski definition) is 5. The highest BCUT2D eigenvalue weighted by atomic mass is 16.5. The summed E-state index contributed by atoms with van der Waals surface area (Å²) >= 11 is 0. The topological polar surface area (TPSA) is 88.9 Å². The van der Waals surface area contributed by atoms with Gasteiger partial charge in [-0.2, -0.15) is 0 Å². The number of hydrogen-bond donors (Lipinski definition) is 1. The third kappa shape index (κ3) is 6.93. The molecule has 0 aliphatic heterocycles.